The van der Waals surface area contributed by atoms with E-state index in [0.717, 1.165) is 11.5 Å². The van der Waals surface area contributed by atoms with Gasteiger partial charge in [-0.05, 0) is 0 Å². The minimum Gasteiger partial charge on any atom is -0.394 e. The van der Waals surface area contributed by atoms with Crippen LogP contribution in [-0.4, -0.2) is 41.5 Å². The zero-order valence-corrected chi connectivity index (χ0v) is 9.61. The third kappa shape index (κ3) is 3.33. The molecule has 0 aliphatic rings. The minimum atomic E-state index is 0.0636. The van der Waals surface area contributed by atoms with Gasteiger partial charge in [-0.15, -0.1) is 5.10 Å². The second kappa shape index (κ2) is 5.51. The molecular weight excluding hydrogens is 222 g/mol. The third-order valence-corrected chi connectivity index (χ3v) is 2.15. The fourth-order valence-electron chi connectivity index (χ4n) is 1.40. The van der Waals surface area contributed by atoms with Crippen LogP contribution in [0.4, 0.5) is 0 Å². The van der Waals surface area contributed by atoms with Crippen LogP contribution >= 0.6 is 0 Å². The highest BCUT2D eigenvalue weighted by molar-refractivity contribution is 4.92. The van der Waals surface area contributed by atoms with Gasteiger partial charge in [0.25, 0.3) is 0 Å². The maximum Gasteiger partial charge on any atom is 0.164 e. The van der Waals surface area contributed by atoms with E-state index in [-0.39, 0.29) is 6.61 Å². The van der Waals surface area contributed by atoms with Gasteiger partial charge in [0.2, 0.25) is 0 Å². The Morgan fingerprint density at radius 2 is 2.29 bits per heavy atom. The molecule has 2 aromatic heterocycles. The molecule has 2 heterocycles. The SMILES string of the molecule is Cn1cnc(CNCc2cn(CCO)nn2)n1. The molecule has 0 amide bonds. The fourth-order valence-corrected chi connectivity index (χ4v) is 1.40. The van der Waals surface area contributed by atoms with Crippen molar-refractivity contribution in [1.29, 1.82) is 0 Å². The monoisotopic (exact) mass is 237 g/mol. The number of aliphatic hydroxyl groups excluding tert-OH is 1. The molecule has 2 aromatic rings. The number of rotatable bonds is 6. The van der Waals surface area contributed by atoms with E-state index in [0.29, 0.717) is 19.6 Å². The summed E-state index contributed by atoms with van der Waals surface area (Å²) >= 11 is 0. The highest BCUT2D eigenvalue weighted by Crippen LogP contribution is 1.94. The summed E-state index contributed by atoms with van der Waals surface area (Å²) in [4.78, 5) is 4.10. The van der Waals surface area contributed by atoms with Gasteiger partial charge in [-0.2, -0.15) is 5.10 Å². The Hall–Kier alpha value is -1.80. The molecule has 0 saturated carbocycles. The van der Waals surface area contributed by atoms with Crippen LogP contribution < -0.4 is 5.32 Å². The molecule has 0 atom stereocenters. The Balaban J connectivity index is 1.77. The number of aliphatic hydroxyl groups is 1. The van der Waals surface area contributed by atoms with Crippen LogP contribution in [0, 0.1) is 0 Å². The first kappa shape index (κ1) is 11.7. The summed E-state index contributed by atoms with van der Waals surface area (Å²) in [5.41, 5.74) is 0.828. The van der Waals surface area contributed by atoms with Gasteiger partial charge in [-0.3, -0.25) is 4.68 Å². The molecule has 0 aliphatic heterocycles. The number of aryl methyl sites for hydroxylation is 1. The molecule has 0 spiro atoms. The average Bonchev–Trinajstić information content (AvgIpc) is 2.89. The Morgan fingerprint density at radius 1 is 1.41 bits per heavy atom. The van der Waals surface area contributed by atoms with Crippen LogP contribution in [0.5, 0.6) is 0 Å². The number of hydrogen-bond acceptors (Lipinski definition) is 6. The summed E-state index contributed by atoms with van der Waals surface area (Å²) in [6.45, 7) is 1.72. The Kier molecular flexibility index (Phi) is 3.78. The van der Waals surface area contributed by atoms with Crippen LogP contribution in [0.25, 0.3) is 0 Å². The first-order chi connectivity index (χ1) is 8.28. The Labute approximate surface area is 98.3 Å². The molecule has 8 heteroatoms. The lowest BCUT2D eigenvalue weighted by atomic mass is 10.4. The van der Waals surface area contributed by atoms with Crippen molar-refractivity contribution in [3.63, 3.8) is 0 Å². The minimum absolute atomic E-state index is 0.0636. The van der Waals surface area contributed by atoms with Gasteiger partial charge in [0, 0.05) is 19.8 Å². The van der Waals surface area contributed by atoms with Gasteiger partial charge in [0.05, 0.1) is 25.4 Å². The van der Waals surface area contributed by atoms with E-state index in [2.05, 4.69) is 25.7 Å². The summed E-state index contributed by atoms with van der Waals surface area (Å²) < 4.78 is 3.27. The number of hydrogen-bond donors (Lipinski definition) is 2. The molecule has 0 unspecified atom stereocenters. The van der Waals surface area contributed by atoms with Gasteiger partial charge in [0.15, 0.2) is 5.82 Å². The van der Waals surface area contributed by atoms with Crippen LogP contribution in [0.1, 0.15) is 11.5 Å². The number of aromatic nitrogens is 6. The van der Waals surface area contributed by atoms with Gasteiger partial charge in [0.1, 0.15) is 6.33 Å². The van der Waals surface area contributed by atoms with Crippen LogP contribution in [0.2, 0.25) is 0 Å². The summed E-state index contributed by atoms with van der Waals surface area (Å²) in [7, 11) is 1.83. The highest BCUT2D eigenvalue weighted by Gasteiger charge is 2.01. The van der Waals surface area contributed by atoms with Crippen molar-refractivity contribution >= 4 is 0 Å². The van der Waals surface area contributed by atoms with Crippen molar-refractivity contribution < 1.29 is 5.11 Å². The molecule has 8 nitrogen and oxygen atoms in total. The summed E-state index contributed by atoms with van der Waals surface area (Å²) in [6.07, 6.45) is 3.46. The second-order valence-electron chi connectivity index (χ2n) is 3.63. The van der Waals surface area contributed by atoms with Crippen molar-refractivity contribution in [3.05, 3.63) is 24.0 Å². The lowest BCUT2D eigenvalue weighted by Crippen LogP contribution is -2.14. The molecule has 0 radical (unpaired) electrons. The highest BCUT2D eigenvalue weighted by atomic mass is 16.3. The zero-order valence-electron chi connectivity index (χ0n) is 9.61. The van der Waals surface area contributed by atoms with Crippen molar-refractivity contribution in [1.82, 2.24) is 35.1 Å². The van der Waals surface area contributed by atoms with Crippen LogP contribution in [0.3, 0.4) is 0 Å². The predicted octanol–water partition coefficient (Wildman–Crippen LogP) is -1.31. The molecular formula is C9H15N7O. The van der Waals surface area contributed by atoms with Gasteiger partial charge >= 0.3 is 0 Å². The van der Waals surface area contributed by atoms with Crippen LogP contribution in [0.15, 0.2) is 12.5 Å². The maximum atomic E-state index is 8.73. The van der Waals surface area contributed by atoms with E-state index in [9.17, 15) is 0 Å². The summed E-state index contributed by atoms with van der Waals surface area (Å²) in [6, 6.07) is 0. The predicted molar refractivity (Wildman–Crippen MR) is 58.7 cm³/mol. The van der Waals surface area contributed by atoms with Crippen molar-refractivity contribution in [2.45, 2.75) is 19.6 Å². The lowest BCUT2D eigenvalue weighted by molar-refractivity contribution is 0.268. The Bertz CT molecular complexity index is 463. The van der Waals surface area contributed by atoms with E-state index in [1.165, 1.54) is 0 Å². The maximum absolute atomic E-state index is 8.73. The summed E-state index contributed by atoms with van der Waals surface area (Å²) in [5, 5.41) is 23.9. The first-order valence-electron chi connectivity index (χ1n) is 5.33. The fraction of sp³-hybridized carbons (Fsp3) is 0.556. The molecule has 0 saturated heterocycles. The molecule has 2 rings (SSSR count). The lowest BCUT2D eigenvalue weighted by Gasteiger charge is -1.97. The molecule has 92 valence electrons. The van der Waals surface area contributed by atoms with E-state index in [1.807, 2.05) is 7.05 Å². The van der Waals surface area contributed by atoms with E-state index < -0.39 is 0 Å². The topological polar surface area (TPSA) is 93.7 Å². The zero-order chi connectivity index (χ0) is 12.1. The standard InChI is InChI=1S/C9H15N7O/c1-15-7-11-9(13-15)5-10-4-8-6-16(2-3-17)14-12-8/h6-7,10,17H,2-5H2,1H3. The van der Waals surface area contributed by atoms with Crippen LogP contribution in [-0.2, 0) is 26.7 Å². The molecule has 17 heavy (non-hydrogen) atoms. The number of nitrogens with zero attached hydrogens (tertiary/aromatic N) is 6. The van der Waals surface area contributed by atoms with E-state index in [4.69, 9.17) is 5.11 Å². The normalized spacial score (nSPS) is 10.9. The molecule has 0 aliphatic carbocycles. The molecule has 0 aromatic carbocycles. The van der Waals surface area contributed by atoms with Crippen molar-refractivity contribution in [2.24, 2.45) is 7.05 Å². The van der Waals surface area contributed by atoms with E-state index >= 15 is 0 Å². The Morgan fingerprint density at radius 3 is 3.00 bits per heavy atom. The molecule has 0 bridgehead atoms. The van der Waals surface area contributed by atoms with E-state index in [1.54, 1.807) is 21.9 Å². The molecule has 2 N–H and O–H groups in total. The van der Waals surface area contributed by atoms with Crippen molar-refractivity contribution in [2.75, 3.05) is 6.61 Å². The van der Waals surface area contributed by atoms with Crippen molar-refractivity contribution in [3.8, 4) is 0 Å². The third-order valence-electron chi connectivity index (χ3n) is 2.15. The van der Waals surface area contributed by atoms with Gasteiger partial charge in [-0.1, -0.05) is 5.21 Å². The second-order valence-corrected chi connectivity index (χ2v) is 3.63. The quantitative estimate of drug-likeness (QED) is 0.648. The first-order valence-corrected chi connectivity index (χ1v) is 5.33. The molecule has 0 fully saturated rings. The van der Waals surface area contributed by atoms with Gasteiger partial charge in [-0.25, -0.2) is 9.67 Å². The smallest absolute Gasteiger partial charge is 0.164 e. The largest absolute Gasteiger partial charge is 0.394 e. The van der Waals surface area contributed by atoms with Gasteiger partial charge < -0.3 is 10.4 Å². The number of nitrogens with one attached hydrogen (secondary N) is 1. The average molecular weight is 237 g/mol. The summed E-state index contributed by atoms with van der Waals surface area (Å²) in [5.74, 6) is 0.746.